The van der Waals surface area contributed by atoms with Gasteiger partial charge in [0.05, 0.1) is 10.6 Å². The molecule has 0 saturated carbocycles. The third-order valence-corrected chi connectivity index (χ3v) is 5.90. The van der Waals surface area contributed by atoms with Crippen molar-refractivity contribution in [1.82, 2.24) is 10.6 Å². The molecule has 0 heterocycles. The van der Waals surface area contributed by atoms with Crippen LogP contribution in [0.2, 0.25) is 0 Å². The summed E-state index contributed by atoms with van der Waals surface area (Å²) in [6, 6.07) is 5.54. The minimum absolute atomic E-state index is 0.00172. The van der Waals surface area contributed by atoms with Crippen LogP contribution in [0, 0.1) is 0 Å². The summed E-state index contributed by atoms with van der Waals surface area (Å²) in [5, 5.41) is 5.96. The Morgan fingerprint density at radius 1 is 1.26 bits per heavy atom. The number of hydrogen-bond acceptors (Lipinski definition) is 4. The van der Waals surface area contributed by atoms with E-state index >= 15 is 0 Å². The molecule has 2 N–H and O–H groups in total. The van der Waals surface area contributed by atoms with Crippen LogP contribution in [0.5, 0.6) is 0 Å². The van der Waals surface area contributed by atoms with Crippen LogP contribution < -0.4 is 10.6 Å². The first-order valence-corrected chi connectivity index (χ1v) is 9.92. The Morgan fingerprint density at radius 3 is 2.74 bits per heavy atom. The van der Waals surface area contributed by atoms with E-state index in [4.69, 9.17) is 0 Å². The minimum atomic E-state index is -3.40. The Balaban J connectivity index is 1.88. The number of carbonyl (C=O) groups excluding carboxylic acids is 1. The van der Waals surface area contributed by atoms with Gasteiger partial charge in [-0.15, -0.1) is 0 Å². The van der Waals surface area contributed by atoms with Gasteiger partial charge in [-0.2, -0.15) is 0 Å². The average Bonchev–Trinajstić information content (AvgIpc) is 2.99. The highest BCUT2D eigenvalue weighted by molar-refractivity contribution is 7.91. The molecule has 1 atom stereocenters. The van der Waals surface area contributed by atoms with Crippen LogP contribution in [0.3, 0.4) is 0 Å². The summed E-state index contributed by atoms with van der Waals surface area (Å²) >= 11 is 0. The molecule has 0 bridgehead atoms. The van der Waals surface area contributed by atoms with Crippen molar-refractivity contribution in [3.63, 3.8) is 0 Å². The second kappa shape index (κ2) is 7.93. The first kappa shape index (κ1) is 17.9. The van der Waals surface area contributed by atoms with Crippen molar-refractivity contribution in [2.75, 3.05) is 18.8 Å². The zero-order valence-electron chi connectivity index (χ0n) is 13.9. The van der Waals surface area contributed by atoms with Gasteiger partial charge in [0.2, 0.25) is 5.91 Å². The molecule has 6 heteroatoms. The van der Waals surface area contributed by atoms with E-state index < -0.39 is 9.84 Å². The van der Waals surface area contributed by atoms with Gasteiger partial charge in [0, 0.05) is 19.0 Å². The Bertz CT molecular complexity index is 656. The Labute approximate surface area is 138 Å². The number of nitrogens with one attached hydrogen (secondary N) is 2. The molecular formula is C17H26N2O3S. The molecule has 128 valence electrons. The van der Waals surface area contributed by atoms with Crippen LogP contribution >= 0.6 is 0 Å². The van der Waals surface area contributed by atoms with E-state index in [1.165, 1.54) is 5.56 Å². The van der Waals surface area contributed by atoms with Gasteiger partial charge in [-0.1, -0.05) is 13.0 Å². The van der Waals surface area contributed by atoms with Crippen molar-refractivity contribution < 1.29 is 13.2 Å². The maximum atomic E-state index is 12.4. The molecule has 0 radical (unpaired) electrons. The molecule has 23 heavy (non-hydrogen) atoms. The molecule has 5 nitrogen and oxygen atoms in total. The van der Waals surface area contributed by atoms with Gasteiger partial charge in [-0.25, -0.2) is 8.42 Å². The molecular weight excluding hydrogens is 312 g/mol. The maximum Gasteiger partial charge on any atom is 0.221 e. The SMILES string of the molecule is CCN[C@H](C)CNC(=O)CCS(=O)(=O)c1ccc2c(c1)CCC2. The smallest absolute Gasteiger partial charge is 0.221 e. The second-order valence-electron chi connectivity index (χ2n) is 6.12. The van der Waals surface area contributed by atoms with Gasteiger partial charge in [0.25, 0.3) is 0 Å². The first-order chi connectivity index (χ1) is 10.9. The molecule has 0 unspecified atom stereocenters. The predicted octanol–water partition coefficient (Wildman–Crippen LogP) is 1.45. The van der Waals surface area contributed by atoms with Gasteiger partial charge in [0.15, 0.2) is 9.84 Å². The number of rotatable bonds is 8. The van der Waals surface area contributed by atoms with E-state index in [0.717, 1.165) is 31.4 Å². The maximum absolute atomic E-state index is 12.4. The highest BCUT2D eigenvalue weighted by Gasteiger charge is 2.19. The quantitative estimate of drug-likeness (QED) is 0.752. The molecule has 1 aromatic carbocycles. The zero-order chi connectivity index (χ0) is 16.9. The topological polar surface area (TPSA) is 75.3 Å². The number of aryl methyl sites for hydroxylation is 2. The van der Waals surface area contributed by atoms with Crippen molar-refractivity contribution in [3.05, 3.63) is 29.3 Å². The third kappa shape index (κ3) is 5.04. The van der Waals surface area contributed by atoms with Crippen molar-refractivity contribution in [2.45, 2.75) is 50.5 Å². The van der Waals surface area contributed by atoms with E-state index in [1.54, 1.807) is 12.1 Å². The third-order valence-electron chi connectivity index (χ3n) is 4.18. The summed E-state index contributed by atoms with van der Waals surface area (Å²) in [5.41, 5.74) is 2.38. The van der Waals surface area contributed by atoms with Gasteiger partial charge in [-0.05, 0) is 56.0 Å². The molecule has 0 fully saturated rings. The second-order valence-corrected chi connectivity index (χ2v) is 8.22. The highest BCUT2D eigenvalue weighted by Crippen LogP contribution is 2.25. The lowest BCUT2D eigenvalue weighted by Crippen LogP contribution is -2.39. The number of likely N-dealkylation sites (N-methyl/N-ethyl adjacent to an activating group) is 1. The summed E-state index contributed by atoms with van der Waals surface area (Å²) in [5.74, 6) is -0.368. The van der Waals surface area contributed by atoms with Gasteiger partial charge >= 0.3 is 0 Å². The van der Waals surface area contributed by atoms with Crippen LogP contribution in [-0.2, 0) is 27.5 Å². The molecule has 1 aliphatic carbocycles. The van der Waals surface area contributed by atoms with E-state index in [0.29, 0.717) is 11.4 Å². The lowest BCUT2D eigenvalue weighted by Gasteiger charge is -2.13. The van der Waals surface area contributed by atoms with Gasteiger partial charge < -0.3 is 10.6 Å². The van der Waals surface area contributed by atoms with Crippen LogP contribution in [0.15, 0.2) is 23.1 Å². The van der Waals surface area contributed by atoms with E-state index in [9.17, 15) is 13.2 Å². The van der Waals surface area contributed by atoms with Crippen LogP contribution in [0.4, 0.5) is 0 Å². The molecule has 0 spiro atoms. The monoisotopic (exact) mass is 338 g/mol. The van der Waals surface area contributed by atoms with Crippen molar-refractivity contribution in [3.8, 4) is 0 Å². The molecule has 0 aromatic heterocycles. The lowest BCUT2D eigenvalue weighted by molar-refractivity contribution is -0.120. The van der Waals surface area contributed by atoms with Crippen LogP contribution in [-0.4, -0.2) is 39.2 Å². The van der Waals surface area contributed by atoms with Crippen molar-refractivity contribution >= 4 is 15.7 Å². The van der Waals surface area contributed by atoms with E-state index in [1.807, 2.05) is 19.9 Å². The Kier molecular flexibility index (Phi) is 6.18. The Hall–Kier alpha value is -1.40. The minimum Gasteiger partial charge on any atom is -0.355 e. The standard InChI is InChI=1S/C17H26N2O3S/c1-3-18-13(2)12-19-17(20)9-10-23(21,22)16-8-7-14-5-4-6-15(14)11-16/h7-8,11,13,18H,3-6,9-10,12H2,1-2H3,(H,19,20)/t13-/m1/s1. The van der Waals surface area contributed by atoms with Gasteiger partial charge in [0.1, 0.15) is 0 Å². The fraction of sp³-hybridized carbons (Fsp3) is 0.588. The van der Waals surface area contributed by atoms with Crippen molar-refractivity contribution in [1.29, 1.82) is 0 Å². The average molecular weight is 338 g/mol. The van der Waals surface area contributed by atoms with Crippen LogP contribution in [0.25, 0.3) is 0 Å². The largest absolute Gasteiger partial charge is 0.355 e. The lowest BCUT2D eigenvalue weighted by atomic mass is 10.1. The number of fused-ring (bicyclic) bond motifs is 1. The van der Waals surface area contributed by atoms with E-state index in [2.05, 4.69) is 10.6 Å². The zero-order valence-corrected chi connectivity index (χ0v) is 14.7. The molecule has 1 amide bonds. The summed E-state index contributed by atoms with van der Waals surface area (Å²) in [6.45, 7) is 5.32. The molecule has 0 aliphatic heterocycles. The number of amides is 1. The number of hydrogen-bond donors (Lipinski definition) is 2. The summed E-state index contributed by atoms with van der Waals surface area (Å²) in [4.78, 5) is 12.2. The first-order valence-electron chi connectivity index (χ1n) is 8.27. The number of benzene rings is 1. The molecule has 1 aromatic rings. The molecule has 0 saturated heterocycles. The summed E-state index contributed by atoms with van der Waals surface area (Å²) in [6.07, 6.45) is 3.06. The van der Waals surface area contributed by atoms with Crippen LogP contribution in [0.1, 0.15) is 37.8 Å². The predicted molar refractivity (Wildman–Crippen MR) is 91.3 cm³/mol. The number of carbonyl (C=O) groups is 1. The fourth-order valence-corrected chi connectivity index (χ4v) is 4.15. The highest BCUT2D eigenvalue weighted by atomic mass is 32.2. The fourth-order valence-electron chi connectivity index (χ4n) is 2.86. The van der Waals surface area contributed by atoms with E-state index in [-0.39, 0.29) is 24.1 Å². The summed E-state index contributed by atoms with van der Waals surface area (Å²) < 4.78 is 24.8. The molecule has 1 aliphatic rings. The summed E-state index contributed by atoms with van der Waals surface area (Å²) in [7, 11) is -3.40. The van der Waals surface area contributed by atoms with Crippen molar-refractivity contribution in [2.24, 2.45) is 0 Å². The Morgan fingerprint density at radius 2 is 2.00 bits per heavy atom. The normalized spacial score (nSPS) is 15.2. The van der Waals surface area contributed by atoms with Gasteiger partial charge in [-0.3, -0.25) is 4.79 Å². The molecule has 2 rings (SSSR count). The number of sulfone groups is 1.